The maximum atomic E-state index is 13.2. The minimum atomic E-state index is -4.98. The first kappa shape index (κ1) is 21.3. The molecule has 3 aromatic rings. The average molecular weight is 446 g/mol. The number of halogens is 6. The van der Waals surface area contributed by atoms with E-state index in [4.69, 9.17) is 4.74 Å². The number of nitrogens with one attached hydrogen (secondary N) is 1. The van der Waals surface area contributed by atoms with Crippen molar-refractivity contribution >= 4 is 11.3 Å². The lowest BCUT2D eigenvalue weighted by Gasteiger charge is -2.22. The molecule has 0 unspecified atom stereocenters. The lowest BCUT2D eigenvalue weighted by Crippen LogP contribution is -2.26. The predicted octanol–water partition coefficient (Wildman–Crippen LogP) is 4.25. The Morgan fingerprint density at radius 1 is 1.03 bits per heavy atom. The average Bonchev–Trinajstić information content (AvgIpc) is 3.01. The highest BCUT2D eigenvalue weighted by atomic mass is 19.4. The molecule has 0 amide bonds. The number of rotatable bonds is 3. The van der Waals surface area contributed by atoms with E-state index < -0.39 is 34.7 Å². The highest BCUT2D eigenvalue weighted by molar-refractivity contribution is 5.71. The molecule has 3 heterocycles. The van der Waals surface area contributed by atoms with Gasteiger partial charge >= 0.3 is 18.0 Å². The van der Waals surface area contributed by atoms with Crippen molar-refractivity contribution in [3.63, 3.8) is 0 Å². The smallest absolute Gasteiger partial charge is 0.381 e. The number of alkyl halides is 6. The summed E-state index contributed by atoms with van der Waals surface area (Å²) in [6.07, 6.45) is -7.49. The maximum absolute atomic E-state index is 13.2. The van der Waals surface area contributed by atoms with Gasteiger partial charge in [-0.3, -0.25) is 9.55 Å². The van der Waals surface area contributed by atoms with E-state index in [9.17, 15) is 31.1 Å². The van der Waals surface area contributed by atoms with Crippen LogP contribution in [0.5, 0.6) is 0 Å². The van der Waals surface area contributed by atoms with Gasteiger partial charge in [-0.05, 0) is 37.0 Å². The van der Waals surface area contributed by atoms with Crippen LogP contribution in [-0.4, -0.2) is 32.7 Å². The molecular weight excluding hydrogens is 430 g/mol. The summed E-state index contributed by atoms with van der Waals surface area (Å²) in [7, 11) is 0. The van der Waals surface area contributed by atoms with Crippen LogP contribution in [0.2, 0.25) is 0 Å². The number of nitrogens with zero attached hydrogens (tertiary/aromatic N) is 3. The second-order valence-electron chi connectivity index (χ2n) is 7.32. The molecule has 31 heavy (non-hydrogen) atoms. The zero-order chi connectivity index (χ0) is 22.4. The Hall–Kier alpha value is -2.89. The van der Waals surface area contributed by atoms with Crippen molar-refractivity contribution in [3.05, 3.63) is 46.0 Å². The minimum Gasteiger partial charge on any atom is -0.381 e. The number of hydrogen-bond acceptors (Lipinski definition) is 4. The Labute approximate surface area is 170 Å². The van der Waals surface area contributed by atoms with E-state index in [1.54, 1.807) is 0 Å². The first-order valence-electron chi connectivity index (χ1n) is 9.35. The Bertz CT molecular complexity index is 1130. The molecule has 2 aromatic heterocycles. The van der Waals surface area contributed by atoms with Gasteiger partial charge in [0, 0.05) is 25.3 Å². The summed E-state index contributed by atoms with van der Waals surface area (Å²) < 4.78 is 85.6. The molecule has 1 aliphatic heterocycles. The highest BCUT2D eigenvalue weighted by Crippen LogP contribution is 2.38. The third kappa shape index (κ3) is 4.43. The van der Waals surface area contributed by atoms with Crippen LogP contribution in [0.15, 0.2) is 29.2 Å². The molecule has 0 bridgehead atoms. The van der Waals surface area contributed by atoms with Gasteiger partial charge in [0.15, 0.2) is 11.3 Å². The van der Waals surface area contributed by atoms with Crippen molar-refractivity contribution < 1.29 is 31.1 Å². The maximum Gasteiger partial charge on any atom is 0.416 e. The Kier molecular flexibility index (Phi) is 5.28. The normalized spacial score (nSPS) is 16.2. The van der Waals surface area contributed by atoms with E-state index in [1.807, 2.05) is 0 Å². The number of H-pyrrole nitrogens is 1. The lowest BCUT2D eigenvalue weighted by molar-refractivity contribution is -0.143. The van der Waals surface area contributed by atoms with Crippen LogP contribution in [0.25, 0.3) is 22.6 Å². The van der Waals surface area contributed by atoms with Crippen molar-refractivity contribution in [3.8, 4) is 11.3 Å². The largest absolute Gasteiger partial charge is 0.416 e. The van der Waals surface area contributed by atoms with Crippen molar-refractivity contribution in [1.29, 1.82) is 0 Å². The number of fused-ring (bicyclic) bond motifs is 1. The van der Waals surface area contributed by atoms with E-state index in [2.05, 4.69) is 15.0 Å². The molecule has 0 radical (unpaired) electrons. The van der Waals surface area contributed by atoms with Gasteiger partial charge in [0.2, 0.25) is 0 Å². The SMILES string of the molecule is O=c1[nH]c2ncc(-c3cc(C(F)(F)F)cc(C(F)(F)F)c3)nc2n1CC1CCOCC1. The molecule has 0 saturated carbocycles. The molecule has 1 N–H and O–H groups in total. The van der Waals surface area contributed by atoms with Crippen molar-refractivity contribution in [2.75, 3.05) is 13.2 Å². The van der Waals surface area contributed by atoms with Gasteiger partial charge in [0.1, 0.15) is 0 Å². The second-order valence-corrected chi connectivity index (χ2v) is 7.32. The number of ether oxygens (including phenoxy) is 1. The Balaban J connectivity index is 1.81. The number of imidazole rings is 1. The zero-order valence-corrected chi connectivity index (χ0v) is 15.8. The molecule has 6 nitrogen and oxygen atoms in total. The molecule has 4 rings (SSSR count). The molecule has 0 spiro atoms. The number of benzene rings is 1. The molecule has 0 atom stereocenters. The van der Waals surface area contributed by atoms with Crippen molar-refractivity contribution in [1.82, 2.24) is 19.5 Å². The van der Waals surface area contributed by atoms with Gasteiger partial charge in [-0.2, -0.15) is 26.3 Å². The number of aromatic amines is 1. The van der Waals surface area contributed by atoms with E-state index in [0.29, 0.717) is 25.3 Å². The van der Waals surface area contributed by atoms with Crippen LogP contribution in [-0.2, 0) is 23.6 Å². The topological polar surface area (TPSA) is 72.8 Å². The molecule has 166 valence electrons. The summed E-state index contributed by atoms with van der Waals surface area (Å²) in [6.45, 7) is 1.38. The van der Waals surface area contributed by atoms with Crippen LogP contribution < -0.4 is 5.69 Å². The number of aromatic nitrogens is 4. The van der Waals surface area contributed by atoms with Crippen molar-refractivity contribution in [2.45, 2.75) is 31.7 Å². The quantitative estimate of drug-likeness (QED) is 0.611. The summed E-state index contributed by atoms with van der Waals surface area (Å²) in [5, 5.41) is 0. The molecule has 1 aliphatic rings. The van der Waals surface area contributed by atoms with Crippen LogP contribution >= 0.6 is 0 Å². The van der Waals surface area contributed by atoms with Gasteiger partial charge in [0.25, 0.3) is 0 Å². The highest BCUT2D eigenvalue weighted by Gasteiger charge is 2.37. The first-order valence-corrected chi connectivity index (χ1v) is 9.35. The minimum absolute atomic E-state index is 0.0484. The predicted molar refractivity (Wildman–Crippen MR) is 97.1 cm³/mol. The van der Waals surface area contributed by atoms with Crippen molar-refractivity contribution in [2.24, 2.45) is 5.92 Å². The fourth-order valence-electron chi connectivity index (χ4n) is 3.52. The van der Waals surface area contributed by atoms with E-state index in [-0.39, 0.29) is 35.5 Å². The van der Waals surface area contributed by atoms with E-state index >= 15 is 0 Å². The van der Waals surface area contributed by atoms with Gasteiger partial charge in [-0.25, -0.2) is 14.8 Å². The molecule has 1 aromatic carbocycles. The monoisotopic (exact) mass is 446 g/mol. The van der Waals surface area contributed by atoms with Crippen LogP contribution in [0.1, 0.15) is 24.0 Å². The molecule has 1 fully saturated rings. The van der Waals surface area contributed by atoms with Crippen LogP contribution in [0.3, 0.4) is 0 Å². The first-order chi connectivity index (χ1) is 14.5. The van der Waals surface area contributed by atoms with Gasteiger partial charge in [-0.15, -0.1) is 0 Å². The summed E-state index contributed by atoms with van der Waals surface area (Å²) in [6, 6.07) is 1.21. The third-order valence-electron chi connectivity index (χ3n) is 5.15. The van der Waals surface area contributed by atoms with Crippen LogP contribution in [0, 0.1) is 5.92 Å². The lowest BCUT2D eigenvalue weighted by atomic mass is 10.0. The number of hydrogen-bond donors (Lipinski definition) is 1. The standard InChI is InChI=1S/C19H16F6N4O2/c20-18(21,22)12-5-11(6-13(7-12)19(23,24)25)14-8-26-15-16(27-14)29(17(30)28-15)9-10-1-3-31-4-2-10/h5-8,10H,1-4,9H2,(H,26,28,30). The summed E-state index contributed by atoms with van der Waals surface area (Å²) in [5.74, 6) is 0.126. The fourth-order valence-corrected chi connectivity index (χ4v) is 3.52. The molecule has 12 heteroatoms. The van der Waals surface area contributed by atoms with Gasteiger partial charge in [0.05, 0.1) is 23.0 Å². The van der Waals surface area contributed by atoms with E-state index in [1.165, 1.54) is 4.57 Å². The van der Waals surface area contributed by atoms with E-state index in [0.717, 1.165) is 19.0 Å². The molecule has 0 aliphatic carbocycles. The van der Waals surface area contributed by atoms with Gasteiger partial charge < -0.3 is 4.74 Å². The summed E-state index contributed by atoms with van der Waals surface area (Å²) in [4.78, 5) is 23.0. The Morgan fingerprint density at radius 2 is 1.65 bits per heavy atom. The molecule has 1 saturated heterocycles. The summed E-state index contributed by atoms with van der Waals surface area (Å²) >= 11 is 0. The summed E-state index contributed by atoms with van der Waals surface area (Å²) in [5.41, 5.74) is -3.84. The van der Waals surface area contributed by atoms with Crippen LogP contribution in [0.4, 0.5) is 26.3 Å². The fraction of sp³-hybridized carbons (Fsp3) is 0.421. The third-order valence-corrected chi connectivity index (χ3v) is 5.15. The Morgan fingerprint density at radius 3 is 2.23 bits per heavy atom. The zero-order valence-electron chi connectivity index (χ0n) is 15.8. The second kappa shape index (κ2) is 7.66. The molecular formula is C19H16F6N4O2. The van der Waals surface area contributed by atoms with Gasteiger partial charge in [-0.1, -0.05) is 0 Å².